The van der Waals surface area contributed by atoms with Gasteiger partial charge in [-0.15, -0.1) is 0 Å². The third-order valence-corrected chi connectivity index (χ3v) is 3.34. The van der Waals surface area contributed by atoms with Crippen molar-refractivity contribution in [3.8, 4) is 5.75 Å². The number of anilines is 1. The molecule has 0 radical (unpaired) electrons. The van der Waals surface area contributed by atoms with Crippen LogP contribution in [-0.4, -0.2) is 12.5 Å². The third kappa shape index (κ3) is 4.41. The van der Waals surface area contributed by atoms with Crippen molar-refractivity contribution in [3.05, 3.63) is 57.5 Å². The number of amides is 1. The zero-order valence-corrected chi connectivity index (χ0v) is 12.8. The van der Waals surface area contributed by atoms with Gasteiger partial charge in [0, 0.05) is 10.0 Å². The molecule has 1 amide bonds. The molecule has 0 aromatic heterocycles. The number of ether oxygens (including phenoxy) is 1. The van der Waals surface area contributed by atoms with E-state index in [1.165, 1.54) is 24.3 Å². The zero-order chi connectivity index (χ0) is 15.4. The predicted molar refractivity (Wildman–Crippen MR) is 80.2 cm³/mol. The number of hydrogen-bond acceptors (Lipinski definition) is 2. The summed E-state index contributed by atoms with van der Waals surface area (Å²) in [7, 11) is 0. The Kier molecular flexibility index (Phi) is 5.14. The summed E-state index contributed by atoms with van der Waals surface area (Å²) in [6.07, 6.45) is 0. The smallest absolute Gasteiger partial charge is 0.387 e. The van der Waals surface area contributed by atoms with Crippen LogP contribution in [0.4, 0.5) is 14.5 Å². The molecule has 0 bridgehead atoms. The van der Waals surface area contributed by atoms with Gasteiger partial charge in [0.1, 0.15) is 5.75 Å². The van der Waals surface area contributed by atoms with E-state index in [2.05, 4.69) is 26.0 Å². The highest BCUT2D eigenvalue weighted by Crippen LogP contribution is 2.26. The van der Waals surface area contributed by atoms with Gasteiger partial charge in [-0.05, 0) is 42.5 Å². The van der Waals surface area contributed by atoms with Crippen LogP contribution < -0.4 is 10.1 Å². The van der Waals surface area contributed by atoms with Crippen LogP contribution in [0.15, 0.2) is 46.9 Å². The molecule has 7 heteroatoms. The number of nitrogens with one attached hydrogen (secondary N) is 1. The molecule has 0 heterocycles. The van der Waals surface area contributed by atoms with Crippen molar-refractivity contribution >= 4 is 39.1 Å². The lowest BCUT2D eigenvalue weighted by Crippen LogP contribution is -2.12. The summed E-state index contributed by atoms with van der Waals surface area (Å²) in [6.45, 7) is -2.90. The first-order valence-corrected chi connectivity index (χ1v) is 6.94. The maximum absolute atomic E-state index is 12.0. The van der Waals surface area contributed by atoms with E-state index in [1.807, 2.05) is 0 Å². The van der Waals surface area contributed by atoms with Crippen molar-refractivity contribution in [2.45, 2.75) is 6.61 Å². The molecule has 0 saturated heterocycles. The standard InChI is InChI=1S/C14H9BrClF2NO2/c15-9-3-6-11(16)12(7-9)19-13(20)8-1-4-10(5-2-8)21-14(17)18/h1-7,14H,(H,19,20). The molecule has 110 valence electrons. The van der Waals surface area contributed by atoms with E-state index in [4.69, 9.17) is 11.6 Å². The second-order valence-corrected chi connectivity index (χ2v) is 5.30. The molecule has 0 unspecified atom stereocenters. The molecular formula is C14H9BrClF2NO2. The van der Waals surface area contributed by atoms with Crippen LogP contribution in [-0.2, 0) is 0 Å². The van der Waals surface area contributed by atoms with E-state index in [1.54, 1.807) is 18.2 Å². The fourth-order valence-corrected chi connectivity index (χ4v) is 2.10. The molecule has 0 aliphatic heterocycles. The molecule has 0 spiro atoms. The lowest BCUT2D eigenvalue weighted by molar-refractivity contribution is -0.0498. The van der Waals surface area contributed by atoms with Crippen LogP contribution in [0.25, 0.3) is 0 Å². The molecule has 3 nitrogen and oxygen atoms in total. The number of carbonyl (C=O) groups is 1. The molecule has 2 aromatic rings. The lowest BCUT2D eigenvalue weighted by Gasteiger charge is -2.09. The van der Waals surface area contributed by atoms with Crippen molar-refractivity contribution in [3.63, 3.8) is 0 Å². The summed E-state index contributed by atoms with van der Waals surface area (Å²) in [6, 6.07) is 10.4. The second kappa shape index (κ2) is 6.87. The van der Waals surface area contributed by atoms with Crippen LogP contribution >= 0.6 is 27.5 Å². The Labute approximate surface area is 133 Å². The van der Waals surface area contributed by atoms with E-state index in [0.717, 1.165) is 4.47 Å². The number of rotatable bonds is 4. The number of hydrogen-bond donors (Lipinski definition) is 1. The first kappa shape index (κ1) is 15.7. The highest BCUT2D eigenvalue weighted by atomic mass is 79.9. The lowest BCUT2D eigenvalue weighted by atomic mass is 10.2. The molecule has 0 fully saturated rings. The van der Waals surface area contributed by atoms with Gasteiger partial charge in [-0.1, -0.05) is 27.5 Å². The number of benzene rings is 2. The summed E-state index contributed by atoms with van der Waals surface area (Å²) in [5.74, 6) is -0.416. The average molecular weight is 377 g/mol. The van der Waals surface area contributed by atoms with Crippen LogP contribution in [0, 0.1) is 0 Å². The maximum Gasteiger partial charge on any atom is 0.387 e. The summed E-state index contributed by atoms with van der Waals surface area (Å²) < 4.78 is 29.0. The molecule has 1 N–H and O–H groups in total. The van der Waals surface area contributed by atoms with Gasteiger partial charge in [-0.3, -0.25) is 4.79 Å². The SMILES string of the molecule is O=C(Nc1cc(Br)ccc1Cl)c1ccc(OC(F)F)cc1. The molecule has 2 rings (SSSR count). The average Bonchev–Trinajstić information content (AvgIpc) is 2.43. The Hall–Kier alpha value is -1.66. The fourth-order valence-electron chi connectivity index (χ4n) is 1.58. The van der Waals surface area contributed by atoms with Crippen molar-refractivity contribution < 1.29 is 18.3 Å². The van der Waals surface area contributed by atoms with Crippen LogP contribution in [0.2, 0.25) is 5.02 Å². The Bertz CT molecular complexity index is 650. The fraction of sp³-hybridized carbons (Fsp3) is 0.0714. The second-order valence-electron chi connectivity index (χ2n) is 3.98. The molecule has 0 saturated carbocycles. The summed E-state index contributed by atoms with van der Waals surface area (Å²) in [5, 5.41) is 3.03. The van der Waals surface area contributed by atoms with E-state index >= 15 is 0 Å². The van der Waals surface area contributed by atoms with Crippen LogP contribution in [0.1, 0.15) is 10.4 Å². The monoisotopic (exact) mass is 375 g/mol. The Morgan fingerprint density at radius 2 is 1.86 bits per heavy atom. The van der Waals surface area contributed by atoms with Crippen molar-refractivity contribution in [1.82, 2.24) is 0 Å². The zero-order valence-electron chi connectivity index (χ0n) is 10.4. The summed E-state index contributed by atoms with van der Waals surface area (Å²) in [5.41, 5.74) is 0.747. The number of halogens is 4. The largest absolute Gasteiger partial charge is 0.435 e. The van der Waals surface area contributed by atoms with Gasteiger partial charge in [0.15, 0.2) is 0 Å². The van der Waals surface area contributed by atoms with Gasteiger partial charge < -0.3 is 10.1 Å². The topological polar surface area (TPSA) is 38.3 Å². The minimum absolute atomic E-state index is 0.0120. The Balaban J connectivity index is 2.11. The molecule has 0 aliphatic rings. The highest BCUT2D eigenvalue weighted by Gasteiger charge is 2.10. The highest BCUT2D eigenvalue weighted by molar-refractivity contribution is 9.10. The minimum atomic E-state index is -2.90. The molecule has 2 aromatic carbocycles. The quantitative estimate of drug-likeness (QED) is 0.819. The van der Waals surface area contributed by atoms with Gasteiger partial charge >= 0.3 is 6.61 Å². The van der Waals surface area contributed by atoms with Crippen molar-refractivity contribution in [2.24, 2.45) is 0 Å². The molecule has 0 atom stereocenters. The minimum Gasteiger partial charge on any atom is -0.435 e. The van der Waals surface area contributed by atoms with Gasteiger partial charge in [0.25, 0.3) is 5.91 Å². The van der Waals surface area contributed by atoms with Gasteiger partial charge in [-0.25, -0.2) is 0 Å². The number of alkyl halides is 2. The summed E-state index contributed by atoms with van der Waals surface area (Å²) >= 11 is 9.25. The van der Waals surface area contributed by atoms with Gasteiger partial charge in [0.05, 0.1) is 10.7 Å². The number of carbonyl (C=O) groups excluding carboxylic acids is 1. The van der Waals surface area contributed by atoms with Gasteiger partial charge in [-0.2, -0.15) is 8.78 Å². The van der Waals surface area contributed by atoms with E-state index in [9.17, 15) is 13.6 Å². The molecular weight excluding hydrogens is 368 g/mol. The Morgan fingerprint density at radius 3 is 2.48 bits per heavy atom. The van der Waals surface area contributed by atoms with Crippen LogP contribution in [0.3, 0.4) is 0 Å². The van der Waals surface area contributed by atoms with E-state index in [-0.39, 0.29) is 5.75 Å². The summed E-state index contributed by atoms with van der Waals surface area (Å²) in [4.78, 5) is 12.0. The van der Waals surface area contributed by atoms with E-state index < -0.39 is 12.5 Å². The van der Waals surface area contributed by atoms with Crippen molar-refractivity contribution in [1.29, 1.82) is 0 Å². The van der Waals surface area contributed by atoms with Crippen molar-refractivity contribution in [2.75, 3.05) is 5.32 Å². The van der Waals surface area contributed by atoms with Gasteiger partial charge in [0.2, 0.25) is 0 Å². The molecule has 21 heavy (non-hydrogen) atoms. The van der Waals surface area contributed by atoms with E-state index in [0.29, 0.717) is 16.3 Å². The first-order valence-electron chi connectivity index (χ1n) is 5.77. The maximum atomic E-state index is 12.0. The normalized spacial score (nSPS) is 10.5. The predicted octanol–water partition coefficient (Wildman–Crippen LogP) is 4.96. The van der Waals surface area contributed by atoms with Crippen LogP contribution in [0.5, 0.6) is 5.75 Å². The molecule has 0 aliphatic carbocycles. The Morgan fingerprint density at radius 1 is 1.19 bits per heavy atom. The first-order chi connectivity index (χ1) is 9.95. The third-order valence-electron chi connectivity index (χ3n) is 2.52.